The van der Waals surface area contributed by atoms with E-state index in [1.54, 1.807) is 0 Å². The second kappa shape index (κ2) is 12.2. The predicted molar refractivity (Wildman–Crippen MR) is 239 cm³/mol. The molecule has 56 heavy (non-hydrogen) atoms. The average molecular weight is 733 g/mol. The number of hydrogen-bond donors (Lipinski definition) is 0. The standard InChI is InChI=1S/C52H32N2OS/c1-3-15-34(16-4-1)53(35-17-5-2-6-18-35)47-32-48-44(31-45(47)43-23-13-22-42-40-21-10-12-25-50(40)56-52(42)43)38-20-9-11-24-46(38)54(48)36-27-29-39-41-28-26-33-14-7-8-19-37(33)51(41)55-49(39)30-36/h1-32H. The Kier molecular flexibility index (Phi) is 6.80. The summed E-state index contributed by atoms with van der Waals surface area (Å²) in [5.74, 6) is 0. The van der Waals surface area contributed by atoms with Gasteiger partial charge >= 0.3 is 0 Å². The van der Waals surface area contributed by atoms with Gasteiger partial charge in [-0.15, -0.1) is 11.3 Å². The lowest BCUT2D eigenvalue weighted by molar-refractivity contribution is 0.672. The molecule has 0 bridgehead atoms. The normalized spacial score (nSPS) is 11.9. The molecule has 0 unspecified atom stereocenters. The molecule has 0 fully saturated rings. The van der Waals surface area contributed by atoms with Crippen LogP contribution in [0.1, 0.15) is 0 Å². The topological polar surface area (TPSA) is 21.3 Å². The highest BCUT2D eigenvalue weighted by Gasteiger charge is 2.24. The van der Waals surface area contributed by atoms with Crippen LogP contribution in [0.25, 0.3) is 91.5 Å². The number of hydrogen-bond acceptors (Lipinski definition) is 3. The van der Waals surface area contributed by atoms with Gasteiger partial charge in [0.05, 0.1) is 16.7 Å². The fourth-order valence-electron chi connectivity index (χ4n) is 8.86. The number of para-hydroxylation sites is 3. The number of rotatable bonds is 5. The maximum Gasteiger partial charge on any atom is 0.143 e. The van der Waals surface area contributed by atoms with Crippen LogP contribution in [0, 0.1) is 0 Å². The number of anilines is 3. The van der Waals surface area contributed by atoms with Gasteiger partial charge in [-0.1, -0.05) is 121 Å². The SMILES string of the molecule is c1ccc(N(c2ccccc2)c2cc3c(cc2-c2cccc4c2sc2ccccc24)c2ccccc2n3-c2ccc3c(c2)oc2c4ccccc4ccc32)cc1. The van der Waals surface area contributed by atoms with E-state index in [-0.39, 0.29) is 0 Å². The summed E-state index contributed by atoms with van der Waals surface area (Å²) in [5, 5.41) is 9.56. The number of thiophene rings is 1. The van der Waals surface area contributed by atoms with Crippen LogP contribution in [0.4, 0.5) is 17.1 Å². The fraction of sp³-hybridized carbons (Fsp3) is 0. The molecule has 3 nitrogen and oxygen atoms in total. The Morgan fingerprint density at radius 2 is 1.11 bits per heavy atom. The largest absolute Gasteiger partial charge is 0.455 e. The van der Waals surface area contributed by atoms with Crippen molar-refractivity contribution in [3.63, 3.8) is 0 Å². The van der Waals surface area contributed by atoms with Crippen molar-refractivity contribution >= 4 is 103 Å². The van der Waals surface area contributed by atoms with Crippen LogP contribution in [0.2, 0.25) is 0 Å². The van der Waals surface area contributed by atoms with E-state index in [9.17, 15) is 0 Å². The molecule has 12 aromatic rings. The van der Waals surface area contributed by atoms with Crippen molar-refractivity contribution in [3.05, 3.63) is 194 Å². The number of fused-ring (bicyclic) bond motifs is 11. The Balaban J connectivity index is 1.19. The van der Waals surface area contributed by atoms with Crippen LogP contribution >= 0.6 is 11.3 Å². The van der Waals surface area contributed by atoms with Gasteiger partial charge < -0.3 is 13.9 Å². The van der Waals surface area contributed by atoms with E-state index in [4.69, 9.17) is 4.42 Å². The number of aromatic nitrogens is 1. The minimum Gasteiger partial charge on any atom is -0.455 e. The summed E-state index contributed by atoms with van der Waals surface area (Å²) in [6.07, 6.45) is 0. The lowest BCUT2D eigenvalue weighted by Crippen LogP contribution is -2.11. The molecule has 0 aliphatic heterocycles. The molecule has 0 aliphatic rings. The molecule has 4 heteroatoms. The van der Waals surface area contributed by atoms with Crippen molar-refractivity contribution in [3.8, 4) is 16.8 Å². The Morgan fingerprint density at radius 1 is 0.429 bits per heavy atom. The molecule has 12 rings (SSSR count). The van der Waals surface area contributed by atoms with Gasteiger partial charge in [0.2, 0.25) is 0 Å². The third-order valence-electron chi connectivity index (χ3n) is 11.4. The van der Waals surface area contributed by atoms with Gasteiger partial charge in [-0.05, 0) is 72.1 Å². The first-order chi connectivity index (χ1) is 27.8. The third-order valence-corrected chi connectivity index (χ3v) is 12.6. The Bertz CT molecular complexity index is 3440. The van der Waals surface area contributed by atoms with Crippen LogP contribution in [0.15, 0.2) is 199 Å². The summed E-state index contributed by atoms with van der Waals surface area (Å²) in [6, 6.07) is 70.2. The van der Waals surface area contributed by atoms with Crippen LogP contribution in [-0.4, -0.2) is 4.57 Å². The first kappa shape index (κ1) is 31.2. The lowest BCUT2D eigenvalue weighted by Gasteiger charge is -2.28. The van der Waals surface area contributed by atoms with E-state index in [1.165, 1.54) is 47.5 Å². The molecule has 0 atom stereocenters. The zero-order chi connectivity index (χ0) is 36.7. The van der Waals surface area contributed by atoms with Crippen molar-refractivity contribution < 1.29 is 4.42 Å². The van der Waals surface area contributed by atoms with Gasteiger partial charge in [0.25, 0.3) is 0 Å². The third kappa shape index (κ3) is 4.63. The molecular weight excluding hydrogens is 701 g/mol. The van der Waals surface area contributed by atoms with Crippen molar-refractivity contribution in [2.24, 2.45) is 0 Å². The molecule has 262 valence electrons. The Labute approximate surface area is 326 Å². The smallest absolute Gasteiger partial charge is 0.143 e. The molecule has 0 aliphatic carbocycles. The predicted octanol–water partition coefficient (Wildman–Crippen LogP) is 15.3. The van der Waals surface area contributed by atoms with Crippen LogP contribution in [0.5, 0.6) is 0 Å². The van der Waals surface area contributed by atoms with Crippen molar-refractivity contribution in [1.29, 1.82) is 0 Å². The molecule has 0 N–H and O–H groups in total. The highest BCUT2D eigenvalue weighted by atomic mass is 32.1. The zero-order valence-electron chi connectivity index (χ0n) is 30.2. The van der Waals surface area contributed by atoms with Crippen LogP contribution in [0.3, 0.4) is 0 Å². The number of furan rings is 1. The Hall–Kier alpha value is -7.14. The summed E-state index contributed by atoms with van der Waals surface area (Å²) in [5.41, 5.74) is 10.9. The lowest BCUT2D eigenvalue weighted by atomic mass is 9.97. The fourth-order valence-corrected chi connectivity index (χ4v) is 10.1. The average Bonchev–Trinajstić information content (AvgIpc) is 3.93. The molecule has 3 aromatic heterocycles. The van der Waals surface area contributed by atoms with E-state index in [0.717, 1.165) is 61.1 Å². The molecule has 0 radical (unpaired) electrons. The second-order valence-corrected chi connectivity index (χ2v) is 15.5. The summed E-state index contributed by atoms with van der Waals surface area (Å²) >= 11 is 1.88. The molecule has 0 spiro atoms. The van der Waals surface area contributed by atoms with Gasteiger partial charge in [0, 0.05) is 81.4 Å². The number of benzene rings is 9. The maximum atomic E-state index is 6.73. The van der Waals surface area contributed by atoms with Gasteiger partial charge in [-0.25, -0.2) is 0 Å². The minimum atomic E-state index is 0.878. The summed E-state index contributed by atoms with van der Waals surface area (Å²) in [6.45, 7) is 0. The van der Waals surface area contributed by atoms with E-state index in [2.05, 4.69) is 204 Å². The van der Waals surface area contributed by atoms with Gasteiger partial charge in [0.1, 0.15) is 11.2 Å². The van der Waals surface area contributed by atoms with E-state index >= 15 is 0 Å². The maximum absolute atomic E-state index is 6.73. The van der Waals surface area contributed by atoms with Crippen molar-refractivity contribution in [1.82, 2.24) is 4.57 Å². The van der Waals surface area contributed by atoms with Gasteiger partial charge in [-0.3, -0.25) is 0 Å². The van der Waals surface area contributed by atoms with Gasteiger partial charge in [0.15, 0.2) is 0 Å². The molecule has 9 aromatic carbocycles. The summed E-state index contributed by atoms with van der Waals surface area (Å²) in [7, 11) is 0. The zero-order valence-corrected chi connectivity index (χ0v) is 31.0. The molecule has 0 saturated carbocycles. The first-order valence-electron chi connectivity index (χ1n) is 19.0. The highest BCUT2D eigenvalue weighted by molar-refractivity contribution is 7.26. The highest BCUT2D eigenvalue weighted by Crippen LogP contribution is 2.49. The quantitative estimate of drug-likeness (QED) is 0.176. The second-order valence-electron chi connectivity index (χ2n) is 14.5. The number of nitrogens with zero attached hydrogens (tertiary/aromatic N) is 2. The van der Waals surface area contributed by atoms with Crippen LogP contribution in [-0.2, 0) is 0 Å². The van der Waals surface area contributed by atoms with E-state index in [0.29, 0.717) is 0 Å². The first-order valence-corrected chi connectivity index (χ1v) is 19.8. The molecule has 3 heterocycles. The minimum absolute atomic E-state index is 0.878. The summed E-state index contributed by atoms with van der Waals surface area (Å²) < 4.78 is 11.7. The summed E-state index contributed by atoms with van der Waals surface area (Å²) in [4.78, 5) is 2.41. The van der Waals surface area contributed by atoms with E-state index < -0.39 is 0 Å². The monoisotopic (exact) mass is 732 g/mol. The van der Waals surface area contributed by atoms with Gasteiger partial charge in [-0.2, -0.15) is 0 Å². The Morgan fingerprint density at radius 3 is 1.93 bits per heavy atom. The molecular formula is C52H32N2OS. The molecule has 0 saturated heterocycles. The van der Waals surface area contributed by atoms with Crippen molar-refractivity contribution in [2.45, 2.75) is 0 Å². The molecule has 0 amide bonds. The van der Waals surface area contributed by atoms with Crippen LogP contribution < -0.4 is 4.90 Å². The van der Waals surface area contributed by atoms with E-state index in [1.807, 2.05) is 11.3 Å². The van der Waals surface area contributed by atoms with Crippen molar-refractivity contribution in [2.75, 3.05) is 4.90 Å².